The van der Waals surface area contributed by atoms with Crippen molar-refractivity contribution >= 4 is 5.78 Å². The number of rotatable bonds is 0. The predicted octanol–water partition coefficient (Wildman–Crippen LogP) is 0.407. The molecule has 0 unspecified atom stereocenters. The maximum Gasteiger partial charge on any atom is 2.00 e. The first kappa shape index (κ1) is 8.97. The third-order valence-electron chi connectivity index (χ3n) is 0. The Balaban J connectivity index is 0. The van der Waals surface area contributed by atoms with Crippen LogP contribution in [0.15, 0.2) is 0 Å². The molecule has 0 atom stereocenters. The SMILES string of the molecule is [CH2-]C(C)=O.[W+2]. The summed E-state index contributed by atoms with van der Waals surface area (Å²) in [5, 5.41) is 0. The minimum Gasteiger partial charge on any atom is -0.340 e. The van der Waals surface area contributed by atoms with Gasteiger partial charge in [0.1, 0.15) is 0 Å². The first-order chi connectivity index (χ1) is 1.73. The van der Waals surface area contributed by atoms with E-state index in [1.165, 1.54) is 6.92 Å². The molecular weight excluding hydrogens is 236 g/mol. The summed E-state index contributed by atoms with van der Waals surface area (Å²) in [5.41, 5.74) is 0. The standard InChI is InChI=1S/C3H5O.W/c1-3(2)4;/h1H2,2H3;/q-1;+2. The molecule has 0 aromatic heterocycles. The number of carbonyl (C=O) groups excluding carboxylic acids is 1. The maximum absolute atomic E-state index is 9.33. The Labute approximate surface area is 46.0 Å². The number of Topliss-reactive ketones (excluding diaryl/α,β-unsaturated/α-hetero) is 1. The molecule has 0 saturated carbocycles. The largest absolute Gasteiger partial charge is 2.00 e. The molecule has 0 amide bonds. The third-order valence-corrected chi connectivity index (χ3v) is 0. The zero-order valence-electron chi connectivity index (χ0n) is 3.02. The van der Waals surface area contributed by atoms with E-state index in [0.29, 0.717) is 0 Å². The molecular formula is C3H5OW+. The summed E-state index contributed by atoms with van der Waals surface area (Å²) in [4.78, 5) is 9.33. The van der Waals surface area contributed by atoms with Crippen LogP contribution in [0, 0.1) is 6.92 Å². The van der Waals surface area contributed by atoms with Gasteiger partial charge in [0.05, 0.1) is 0 Å². The van der Waals surface area contributed by atoms with E-state index >= 15 is 0 Å². The predicted molar refractivity (Wildman–Crippen MR) is 16.0 cm³/mol. The Hall–Kier alpha value is 0.228. The van der Waals surface area contributed by atoms with E-state index in [9.17, 15) is 4.79 Å². The van der Waals surface area contributed by atoms with Crippen LogP contribution in [0.3, 0.4) is 0 Å². The molecule has 0 aliphatic heterocycles. The van der Waals surface area contributed by atoms with Crippen molar-refractivity contribution < 1.29 is 25.9 Å². The second kappa shape index (κ2) is 4.23. The fraction of sp³-hybridized carbons (Fsp3) is 0.333. The van der Waals surface area contributed by atoms with Gasteiger partial charge in [0.15, 0.2) is 0 Å². The average Bonchev–Trinajstić information content (AvgIpc) is 0.811. The van der Waals surface area contributed by atoms with Crippen LogP contribution in [-0.2, 0) is 25.9 Å². The van der Waals surface area contributed by atoms with Crippen LogP contribution in [-0.4, -0.2) is 5.78 Å². The smallest absolute Gasteiger partial charge is 0.340 e. The zero-order chi connectivity index (χ0) is 3.58. The number of hydrogen-bond acceptors (Lipinski definition) is 1. The molecule has 0 aliphatic carbocycles. The second-order valence-corrected chi connectivity index (χ2v) is 0.702. The van der Waals surface area contributed by atoms with Gasteiger partial charge in [0.2, 0.25) is 0 Å². The van der Waals surface area contributed by atoms with Gasteiger partial charge in [-0.25, -0.2) is 0 Å². The van der Waals surface area contributed by atoms with Gasteiger partial charge in [-0.05, 0) is 12.7 Å². The fourth-order valence-corrected chi connectivity index (χ4v) is 0. The van der Waals surface area contributed by atoms with Crippen LogP contribution in [0.5, 0.6) is 0 Å². The van der Waals surface area contributed by atoms with E-state index in [-0.39, 0.29) is 26.8 Å². The third kappa shape index (κ3) is 403. The van der Waals surface area contributed by atoms with Crippen LogP contribution >= 0.6 is 0 Å². The number of ketones is 1. The van der Waals surface area contributed by atoms with E-state index in [2.05, 4.69) is 6.92 Å². The van der Waals surface area contributed by atoms with Gasteiger partial charge in [0.25, 0.3) is 0 Å². The van der Waals surface area contributed by atoms with Gasteiger partial charge in [-0.15, -0.1) is 0 Å². The van der Waals surface area contributed by atoms with Crippen molar-refractivity contribution in [1.82, 2.24) is 0 Å². The van der Waals surface area contributed by atoms with Crippen LogP contribution in [0.1, 0.15) is 6.92 Å². The van der Waals surface area contributed by atoms with Crippen molar-refractivity contribution in [3.8, 4) is 0 Å². The molecule has 28 valence electrons. The summed E-state index contributed by atoms with van der Waals surface area (Å²) < 4.78 is 0. The summed E-state index contributed by atoms with van der Waals surface area (Å²) in [6, 6.07) is 0. The minimum atomic E-state index is -0.0833. The van der Waals surface area contributed by atoms with Crippen molar-refractivity contribution in [2.45, 2.75) is 6.92 Å². The Morgan fingerprint density at radius 3 is 1.80 bits per heavy atom. The molecule has 5 heavy (non-hydrogen) atoms. The molecule has 2 heteroatoms. The van der Waals surface area contributed by atoms with Crippen molar-refractivity contribution in [3.05, 3.63) is 6.92 Å². The summed E-state index contributed by atoms with van der Waals surface area (Å²) >= 11 is 0. The van der Waals surface area contributed by atoms with E-state index < -0.39 is 0 Å². The van der Waals surface area contributed by atoms with Gasteiger partial charge in [-0.3, -0.25) is 0 Å². The maximum atomic E-state index is 9.33. The first-order valence-electron chi connectivity index (χ1n) is 1.06. The van der Waals surface area contributed by atoms with E-state index in [1.807, 2.05) is 0 Å². The fourth-order valence-electron chi connectivity index (χ4n) is 0. The Bertz CT molecular complexity index is 29.9. The van der Waals surface area contributed by atoms with Crippen molar-refractivity contribution in [2.24, 2.45) is 0 Å². The summed E-state index contributed by atoms with van der Waals surface area (Å²) in [6.07, 6.45) is 0. The normalized spacial score (nSPS) is 5.00. The molecule has 0 aromatic rings. The summed E-state index contributed by atoms with van der Waals surface area (Å²) in [7, 11) is 0. The molecule has 1 nitrogen and oxygen atoms in total. The molecule has 0 bridgehead atoms. The van der Waals surface area contributed by atoms with Gasteiger partial charge in [-0.1, -0.05) is 0 Å². The molecule has 0 radical (unpaired) electrons. The van der Waals surface area contributed by atoms with E-state index in [4.69, 9.17) is 0 Å². The monoisotopic (exact) mass is 241 g/mol. The minimum absolute atomic E-state index is 0. The van der Waals surface area contributed by atoms with E-state index in [1.54, 1.807) is 0 Å². The zero-order valence-corrected chi connectivity index (χ0v) is 5.96. The first-order valence-corrected chi connectivity index (χ1v) is 1.06. The van der Waals surface area contributed by atoms with Crippen molar-refractivity contribution in [1.29, 1.82) is 0 Å². The van der Waals surface area contributed by atoms with E-state index in [0.717, 1.165) is 0 Å². The van der Waals surface area contributed by atoms with Crippen molar-refractivity contribution in [2.75, 3.05) is 0 Å². The average molecular weight is 241 g/mol. The number of carbonyl (C=O) groups is 1. The van der Waals surface area contributed by atoms with Gasteiger partial charge < -0.3 is 11.7 Å². The number of hydrogen-bond donors (Lipinski definition) is 0. The van der Waals surface area contributed by atoms with Crippen LogP contribution in [0.4, 0.5) is 0 Å². The van der Waals surface area contributed by atoms with Crippen molar-refractivity contribution in [3.63, 3.8) is 0 Å². The molecule has 0 aliphatic rings. The summed E-state index contributed by atoms with van der Waals surface area (Å²) in [6.45, 7) is 4.42. The summed E-state index contributed by atoms with van der Waals surface area (Å²) in [5.74, 6) is -0.0833. The van der Waals surface area contributed by atoms with Gasteiger partial charge in [-0.2, -0.15) is 0 Å². The Kier molecular flexibility index (Phi) is 7.58. The molecule has 0 heterocycles. The van der Waals surface area contributed by atoms with Gasteiger partial charge in [0, 0.05) is 0 Å². The quantitative estimate of drug-likeness (QED) is 0.561. The molecule has 0 saturated heterocycles. The van der Waals surface area contributed by atoms with Crippen LogP contribution in [0.25, 0.3) is 0 Å². The topological polar surface area (TPSA) is 17.1 Å². The molecule has 0 fully saturated rings. The second-order valence-electron chi connectivity index (χ2n) is 0.702. The molecule has 0 aromatic carbocycles. The molecule has 0 spiro atoms. The Morgan fingerprint density at radius 2 is 1.80 bits per heavy atom. The molecule has 0 N–H and O–H groups in total. The van der Waals surface area contributed by atoms with Gasteiger partial charge >= 0.3 is 21.1 Å². The van der Waals surface area contributed by atoms with Crippen LogP contribution in [0.2, 0.25) is 0 Å². The van der Waals surface area contributed by atoms with Crippen LogP contribution < -0.4 is 0 Å². The molecule has 0 rings (SSSR count). The Morgan fingerprint density at radius 1 is 1.80 bits per heavy atom.